The van der Waals surface area contributed by atoms with Crippen LogP contribution in [0.3, 0.4) is 0 Å². The first kappa shape index (κ1) is 13.4. The van der Waals surface area contributed by atoms with E-state index in [1.165, 1.54) is 0 Å². The molecule has 14 heavy (non-hydrogen) atoms. The smallest absolute Gasteiger partial charge is 0.325 e. The molecule has 1 heterocycles. The molecule has 1 aromatic heterocycles. The summed E-state index contributed by atoms with van der Waals surface area (Å²) in [5.74, 6) is 0. The standard InChI is InChI=1S/C6H5ClF3N3.ClH/c7-5-4(6(8,9)10)1-3(2-11)12-13-5;/h1H,2,11H2;1H. The van der Waals surface area contributed by atoms with E-state index in [1.807, 2.05) is 0 Å². The van der Waals surface area contributed by atoms with Gasteiger partial charge in [0.15, 0.2) is 5.15 Å². The Morgan fingerprint density at radius 3 is 2.36 bits per heavy atom. The lowest BCUT2D eigenvalue weighted by molar-refractivity contribution is -0.137. The molecule has 0 radical (unpaired) electrons. The molecule has 3 nitrogen and oxygen atoms in total. The Morgan fingerprint density at radius 1 is 1.36 bits per heavy atom. The van der Waals surface area contributed by atoms with Gasteiger partial charge in [0, 0.05) is 6.54 Å². The van der Waals surface area contributed by atoms with Crippen molar-refractivity contribution in [3.05, 3.63) is 22.5 Å². The number of nitrogens with zero attached hydrogens (tertiary/aromatic N) is 2. The molecule has 0 aromatic carbocycles. The molecule has 2 N–H and O–H groups in total. The Morgan fingerprint density at radius 2 is 1.93 bits per heavy atom. The van der Waals surface area contributed by atoms with Crippen molar-refractivity contribution in [2.45, 2.75) is 12.7 Å². The normalized spacial score (nSPS) is 10.9. The van der Waals surface area contributed by atoms with Gasteiger partial charge in [-0.2, -0.15) is 18.3 Å². The van der Waals surface area contributed by atoms with Crippen LogP contribution >= 0.6 is 24.0 Å². The molecule has 0 saturated carbocycles. The topological polar surface area (TPSA) is 51.8 Å². The molecule has 0 unspecified atom stereocenters. The van der Waals surface area contributed by atoms with Crippen LogP contribution in [0.5, 0.6) is 0 Å². The van der Waals surface area contributed by atoms with E-state index in [0.29, 0.717) is 0 Å². The summed E-state index contributed by atoms with van der Waals surface area (Å²) in [6, 6.07) is 0.787. The molecule has 0 aliphatic rings. The zero-order valence-corrected chi connectivity index (χ0v) is 8.25. The van der Waals surface area contributed by atoms with E-state index in [2.05, 4.69) is 10.2 Å². The largest absolute Gasteiger partial charge is 0.419 e. The van der Waals surface area contributed by atoms with Gasteiger partial charge in [0.1, 0.15) is 0 Å². The summed E-state index contributed by atoms with van der Waals surface area (Å²) in [5.41, 5.74) is 4.14. The van der Waals surface area contributed by atoms with Crippen LogP contribution in [0, 0.1) is 0 Å². The van der Waals surface area contributed by atoms with Gasteiger partial charge < -0.3 is 5.73 Å². The highest BCUT2D eigenvalue weighted by atomic mass is 35.5. The van der Waals surface area contributed by atoms with Crippen molar-refractivity contribution in [2.24, 2.45) is 5.73 Å². The van der Waals surface area contributed by atoms with Gasteiger partial charge in [-0.25, -0.2) is 0 Å². The average molecular weight is 248 g/mol. The van der Waals surface area contributed by atoms with E-state index >= 15 is 0 Å². The second-order valence-electron chi connectivity index (χ2n) is 2.24. The van der Waals surface area contributed by atoms with Crippen LogP contribution in [0.1, 0.15) is 11.3 Å². The van der Waals surface area contributed by atoms with Gasteiger partial charge in [-0.1, -0.05) is 11.6 Å². The number of hydrogen-bond donors (Lipinski definition) is 1. The maximum Gasteiger partial charge on any atom is 0.419 e. The molecule has 80 valence electrons. The number of rotatable bonds is 1. The van der Waals surface area contributed by atoms with Crippen LogP contribution in [0.4, 0.5) is 13.2 Å². The van der Waals surface area contributed by atoms with Gasteiger partial charge in [0.2, 0.25) is 0 Å². The minimum absolute atomic E-state index is 0. The fourth-order valence-electron chi connectivity index (χ4n) is 0.716. The summed E-state index contributed by atoms with van der Waals surface area (Å²) in [6.45, 7) is -0.104. The first-order valence-electron chi connectivity index (χ1n) is 3.24. The van der Waals surface area contributed by atoms with E-state index in [1.54, 1.807) is 0 Å². The average Bonchev–Trinajstić information content (AvgIpc) is 2.03. The maximum atomic E-state index is 12.2. The molecule has 0 aliphatic heterocycles. The van der Waals surface area contributed by atoms with Crippen molar-refractivity contribution in [1.29, 1.82) is 0 Å². The van der Waals surface area contributed by atoms with E-state index in [-0.39, 0.29) is 24.6 Å². The van der Waals surface area contributed by atoms with Gasteiger partial charge in [-0.15, -0.1) is 17.5 Å². The van der Waals surface area contributed by atoms with Crippen LogP contribution in [0.2, 0.25) is 5.15 Å². The highest BCUT2D eigenvalue weighted by Crippen LogP contribution is 2.33. The van der Waals surface area contributed by atoms with Crippen molar-refractivity contribution in [3.63, 3.8) is 0 Å². The third-order valence-electron chi connectivity index (χ3n) is 1.31. The number of alkyl halides is 3. The second-order valence-corrected chi connectivity index (χ2v) is 2.60. The fourth-order valence-corrected chi connectivity index (χ4v) is 0.915. The summed E-state index contributed by atoms with van der Waals surface area (Å²) in [6.07, 6.45) is -4.52. The lowest BCUT2D eigenvalue weighted by atomic mass is 10.2. The van der Waals surface area contributed by atoms with E-state index in [0.717, 1.165) is 6.07 Å². The van der Waals surface area contributed by atoms with Gasteiger partial charge in [0.05, 0.1) is 11.3 Å². The Bertz CT molecular complexity index is 316. The Labute approximate surface area is 88.9 Å². The lowest BCUT2D eigenvalue weighted by Gasteiger charge is -2.07. The zero-order valence-electron chi connectivity index (χ0n) is 6.68. The Hall–Kier alpha value is -0.590. The summed E-state index contributed by atoms with van der Waals surface area (Å²) < 4.78 is 36.5. The molecule has 0 saturated heterocycles. The summed E-state index contributed by atoms with van der Waals surface area (Å²) in [5, 5.41) is 5.83. The van der Waals surface area contributed by atoms with Crippen LogP contribution in [-0.4, -0.2) is 10.2 Å². The van der Waals surface area contributed by atoms with E-state index in [9.17, 15) is 13.2 Å². The van der Waals surface area contributed by atoms with Crippen LogP contribution in [0.25, 0.3) is 0 Å². The molecule has 0 fully saturated rings. The third-order valence-corrected chi connectivity index (χ3v) is 1.59. The summed E-state index contributed by atoms with van der Waals surface area (Å²) in [7, 11) is 0. The first-order chi connectivity index (χ1) is 5.95. The molecule has 0 spiro atoms. The molecule has 0 atom stereocenters. The number of aromatic nitrogens is 2. The fraction of sp³-hybridized carbons (Fsp3) is 0.333. The van der Waals surface area contributed by atoms with Crippen LogP contribution in [-0.2, 0) is 12.7 Å². The highest BCUT2D eigenvalue weighted by Gasteiger charge is 2.34. The molecule has 0 bridgehead atoms. The number of nitrogens with two attached hydrogens (primary N) is 1. The minimum atomic E-state index is -4.52. The molecule has 1 rings (SSSR count). The second kappa shape index (κ2) is 4.77. The predicted octanol–water partition coefficient (Wildman–Crippen LogP) is 2.03. The maximum absolute atomic E-state index is 12.2. The van der Waals surface area contributed by atoms with Crippen LogP contribution in [0.15, 0.2) is 6.07 Å². The molecular formula is C6H6Cl2F3N3. The molecule has 0 aliphatic carbocycles. The van der Waals surface area contributed by atoms with Crippen molar-refractivity contribution >= 4 is 24.0 Å². The van der Waals surface area contributed by atoms with Gasteiger partial charge in [-0.05, 0) is 6.07 Å². The van der Waals surface area contributed by atoms with Gasteiger partial charge in [-0.3, -0.25) is 0 Å². The predicted molar refractivity (Wildman–Crippen MR) is 47.2 cm³/mol. The van der Waals surface area contributed by atoms with Gasteiger partial charge >= 0.3 is 6.18 Å². The summed E-state index contributed by atoms with van der Waals surface area (Å²) in [4.78, 5) is 0. The zero-order chi connectivity index (χ0) is 10.1. The Kier molecular flexibility index (Phi) is 4.57. The minimum Gasteiger partial charge on any atom is -0.325 e. The van der Waals surface area contributed by atoms with Crippen molar-refractivity contribution in [1.82, 2.24) is 10.2 Å². The van der Waals surface area contributed by atoms with Gasteiger partial charge in [0.25, 0.3) is 0 Å². The van der Waals surface area contributed by atoms with Crippen LogP contribution < -0.4 is 5.73 Å². The quantitative estimate of drug-likeness (QED) is 0.827. The van der Waals surface area contributed by atoms with Crippen molar-refractivity contribution in [2.75, 3.05) is 0 Å². The van der Waals surface area contributed by atoms with Crippen molar-refractivity contribution in [3.8, 4) is 0 Å². The molecular weight excluding hydrogens is 242 g/mol. The number of halogens is 5. The number of hydrogen-bond acceptors (Lipinski definition) is 3. The SMILES string of the molecule is Cl.NCc1cc(C(F)(F)F)c(Cl)nn1. The monoisotopic (exact) mass is 247 g/mol. The molecule has 8 heteroatoms. The van der Waals surface area contributed by atoms with E-state index < -0.39 is 16.9 Å². The van der Waals surface area contributed by atoms with Crippen molar-refractivity contribution < 1.29 is 13.2 Å². The molecule has 0 amide bonds. The first-order valence-corrected chi connectivity index (χ1v) is 3.62. The lowest BCUT2D eigenvalue weighted by Crippen LogP contribution is -2.11. The highest BCUT2D eigenvalue weighted by molar-refractivity contribution is 6.30. The third kappa shape index (κ3) is 2.97. The Balaban J connectivity index is 0.00000169. The van der Waals surface area contributed by atoms with E-state index in [4.69, 9.17) is 17.3 Å². The summed E-state index contributed by atoms with van der Waals surface area (Å²) >= 11 is 5.20. The molecule has 1 aromatic rings.